The SMILES string of the molecule is CNC(=O)CCN1CCCN(CC(C)CN)CC1. The van der Waals surface area contributed by atoms with Gasteiger partial charge in [-0.3, -0.25) is 4.79 Å². The summed E-state index contributed by atoms with van der Waals surface area (Å²) in [6, 6.07) is 0. The summed E-state index contributed by atoms with van der Waals surface area (Å²) in [6.45, 7) is 9.35. The van der Waals surface area contributed by atoms with Crippen molar-refractivity contribution >= 4 is 5.91 Å². The van der Waals surface area contributed by atoms with E-state index in [4.69, 9.17) is 5.73 Å². The number of amides is 1. The average Bonchev–Trinajstić information content (AvgIpc) is 2.61. The molecule has 1 unspecified atom stereocenters. The molecule has 0 aromatic rings. The molecule has 1 aliphatic heterocycles. The molecule has 3 N–H and O–H groups in total. The minimum absolute atomic E-state index is 0.132. The third-order valence-electron chi connectivity index (χ3n) is 3.59. The maximum Gasteiger partial charge on any atom is 0.221 e. The monoisotopic (exact) mass is 256 g/mol. The highest BCUT2D eigenvalue weighted by molar-refractivity contribution is 5.75. The van der Waals surface area contributed by atoms with Crippen LogP contribution < -0.4 is 11.1 Å². The van der Waals surface area contributed by atoms with Crippen molar-refractivity contribution in [1.82, 2.24) is 15.1 Å². The molecule has 5 heteroatoms. The van der Waals surface area contributed by atoms with Gasteiger partial charge in [-0.2, -0.15) is 0 Å². The van der Waals surface area contributed by atoms with Gasteiger partial charge in [0.1, 0.15) is 0 Å². The number of rotatable bonds is 6. The van der Waals surface area contributed by atoms with E-state index in [2.05, 4.69) is 22.0 Å². The lowest BCUT2D eigenvalue weighted by Crippen LogP contribution is -2.36. The van der Waals surface area contributed by atoms with E-state index in [0.29, 0.717) is 12.3 Å². The minimum Gasteiger partial charge on any atom is -0.359 e. The summed E-state index contributed by atoms with van der Waals surface area (Å²) < 4.78 is 0. The zero-order chi connectivity index (χ0) is 13.4. The summed E-state index contributed by atoms with van der Waals surface area (Å²) in [4.78, 5) is 16.1. The molecule has 1 saturated heterocycles. The second-order valence-corrected chi connectivity index (χ2v) is 5.26. The first-order chi connectivity index (χ1) is 8.65. The van der Waals surface area contributed by atoms with E-state index in [1.165, 1.54) is 6.42 Å². The average molecular weight is 256 g/mol. The molecular weight excluding hydrogens is 228 g/mol. The summed E-state index contributed by atoms with van der Waals surface area (Å²) >= 11 is 0. The normalized spacial score (nSPS) is 20.4. The number of hydrogen-bond donors (Lipinski definition) is 2. The van der Waals surface area contributed by atoms with Crippen LogP contribution in [0.15, 0.2) is 0 Å². The van der Waals surface area contributed by atoms with Crippen LogP contribution in [0.25, 0.3) is 0 Å². The Morgan fingerprint density at radius 2 is 1.94 bits per heavy atom. The Morgan fingerprint density at radius 1 is 1.28 bits per heavy atom. The van der Waals surface area contributed by atoms with Gasteiger partial charge >= 0.3 is 0 Å². The smallest absolute Gasteiger partial charge is 0.221 e. The Bertz CT molecular complexity index is 247. The largest absolute Gasteiger partial charge is 0.359 e. The Balaban J connectivity index is 2.25. The van der Waals surface area contributed by atoms with Crippen molar-refractivity contribution in [2.45, 2.75) is 19.8 Å². The molecule has 0 spiro atoms. The zero-order valence-corrected chi connectivity index (χ0v) is 11.8. The molecule has 0 bridgehead atoms. The van der Waals surface area contributed by atoms with Crippen molar-refractivity contribution in [1.29, 1.82) is 0 Å². The van der Waals surface area contributed by atoms with Gasteiger partial charge in [-0.1, -0.05) is 6.92 Å². The van der Waals surface area contributed by atoms with Crippen molar-refractivity contribution in [2.24, 2.45) is 11.7 Å². The second kappa shape index (κ2) is 8.45. The van der Waals surface area contributed by atoms with Gasteiger partial charge in [0.05, 0.1) is 0 Å². The highest BCUT2D eigenvalue weighted by Gasteiger charge is 2.16. The van der Waals surface area contributed by atoms with Crippen LogP contribution in [-0.2, 0) is 4.79 Å². The number of nitrogens with one attached hydrogen (secondary N) is 1. The van der Waals surface area contributed by atoms with E-state index in [9.17, 15) is 4.79 Å². The summed E-state index contributed by atoms with van der Waals surface area (Å²) in [5.74, 6) is 0.704. The zero-order valence-electron chi connectivity index (χ0n) is 11.8. The fraction of sp³-hybridized carbons (Fsp3) is 0.923. The Kier molecular flexibility index (Phi) is 7.23. The molecule has 0 radical (unpaired) electrons. The molecule has 18 heavy (non-hydrogen) atoms. The second-order valence-electron chi connectivity index (χ2n) is 5.26. The minimum atomic E-state index is 0.132. The fourth-order valence-electron chi connectivity index (χ4n) is 2.33. The van der Waals surface area contributed by atoms with Gasteiger partial charge in [-0.15, -0.1) is 0 Å². The molecule has 106 valence electrons. The summed E-state index contributed by atoms with van der Waals surface area (Å²) in [5, 5.41) is 2.67. The van der Waals surface area contributed by atoms with Gasteiger partial charge in [0.2, 0.25) is 5.91 Å². The van der Waals surface area contributed by atoms with Crippen molar-refractivity contribution in [3.63, 3.8) is 0 Å². The molecular formula is C13H28N4O. The lowest BCUT2D eigenvalue weighted by molar-refractivity contribution is -0.120. The molecule has 1 rings (SSSR count). The quantitative estimate of drug-likeness (QED) is 0.686. The number of carbonyl (C=O) groups is 1. The third kappa shape index (κ3) is 5.80. The van der Waals surface area contributed by atoms with Crippen LogP contribution in [0.1, 0.15) is 19.8 Å². The van der Waals surface area contributed by atoms with Crippen LogP contribution in [0.3, 0.4) is 0 Å². The van der Waals surface area contributed by atoms with Gasteiger partial charge in [0.25, 0.3) is 0 Å². The van der Waals surface area contributed by atoms with Crippen LogP contribution in [0.2, 0.25) is 0 Å². The molecule has 0 aromatic carbocycles. The molecule has 0 aliphatic carbocycles. The molecule has 0 saturated carbocycles. The highest BCUT2D eigenvalue weighted by atomic mass is 16.1. The van der Waals surface area contributed by atoms with E-state index in [1.807, 2.05) is 0 Å². The molecule has 1 heterocycles. The first-order valence-electron chi connectivity index (χ1n) is 7.01. The Morgan fingerprint density at radius 3 is 2.61 bits per heavy atom. The Labute approximate surface area is 111 Å². The van der Waals surface area contributed by atoms with E-state index in [1.54, 1.807) is 7.05 Å². The van der Waals surface area contributed by atoms with Crippen LogP contribution in [0, 0.1) is 5.92 Å². The molecule has 1 fully saturated rings. The Hall–Kier alpha value is -0.650. The predicted octanol–water partition coefficient (Wildman–Crippen LogP) is -0.275. The molecule has 1 aliphatic rings. The third-order valence-corrected chi connectivity index (χ3v) is 3.59. The van der Waals surface area contributed by atoms with E-state index >= 15 is 0 Å². The number of carbonyl (C=O) groups excluding carboxylic acids is 1. The van der Waals surface area contributed by atoms with E-state index < -0.39 is 0 Å². The van der Waals surface area contributed by atoms with Crippen molar-refractivity contribution in [3.05, 3.63) is 0 Å². The standard InChI is InChI=1S/C13H28N4O/c1-12(10-14)11-17-6-3-5-16(8-9-17)7-4-13(18)15-2/h12H,3-11,14H2,1-2H3,(H,15,18). The van der Waals surface area contributed by atoms with Gasteiger partial charge in [-0.25, -0.2) is 0 Å². The van der Waals surface area contributed by atoms with Crippen LogP contribution in [0.4, 0.5) is 0 Å². The summed E-state index contributed by atoms with van der Waals surface area (Å²) in [6.07, 6.45) is 1.79. The number of hydrogen-bond acceptors (Lipinski definition) is 4. The lowest BCUT2D eigenvalue weighted by atomic mass is 10.1. The maximum atomic E-state index is 11.2. The van der Waals surface area contributed by atoms with Gasteiger partial charge in [0.15, 0.2) is 0 Å². The lowest BCUT2D eigenvalue weighted by Gasteiger charge is -2.23. The predicted molar refractivity (Wildman–Crippen MR) is 74.4 cm³/mol. The summed E-state index contributed by atoms with van der Waals surface area (Å²) in [7, 11) is 1.70. The first kappa shape index (κ1) is 15.4. The van der Waals surface area contributed by atoms with Gasteiger partial charge in [-0.05, 0) is 32.0 Å². The maximum absolute atomic E-state index is 11.2. The van der Waals surface area contributed by atoms with Crippen LogP contribution in [0.5, 0.6) is 0 Å². The number of nitrogens with two attached hydrogens (primary N) is 1. The van der Waals surface area contributed by atoms with Gasteiger partial charge in [0, 0.05) is 39.6 Å². The number of nitrogens with zero attached hydrogens (tertiary/aromatic N) is 2. The van der Waals surface area contributed by atoms with Crippen molar-refractivity contribution < 1.29 is 4.79 Å². The fourth-order valence-corrected chi connectivity index (χ4v) is 2.33. The van der Waals surface area contributed by atoms with E-state index in [0.717, 1.165) is 45.8 Å². The molecule has 1 amide bonds. The molecule has 1 atom stereocenters. The highest BCUT2D eigenvalue weighted by Crippen LogP contribution is 2.06. The van der Waals surface area contributed by atoms with Crippen LogP contribution in [-0.4, -0.2) is 68.6 Å². The van der Waals surface area contributed by atoms with Crippen molar-refractivity contribution in [3.8, 4) is 0 Å². The summed E-state index contributed by atoms with van der Waals surface area (Å²) in [5.41, 5.74) is 5.67. The van der Waals surface area contributed by atoms with Gasteiger partial charge < -0.3 is 20.9 Å². The van der Waals surface area contributed by atoms with Crippen molar-refractivity contribution in [2.75, 3.05) is 52.9 Å². The first-order valence-corrected chi connectivity index (χ1v) is 7.01. The molecule has 0 aromatic heterocycles. The topological polar surface area (TPSA) is 61.6 Å². The van der Waals surface area contributed by atoms with E-state index in [-0.39, 0.29) is 5.91 Å². The van der Waals surface area contributed by atoms with Crippen LogP contribution >= 0.6 is 0 Å². The molecule has 5 nitrogen and oxygen atoms in total.